The lowest BCUT2D eigenvalue weighted by Crippen LogP contribution is -2.26. The van der Waals surface area contributed by atoms with Crippen molar-refractivity contribution in [1.29, 1.82) is 0 Å². The second-order valence-corrected chi connectivity index (χ2v) is 5.23. The van der Waals surface area contributed by atoms with Gasteiger partial charge in [0.05, 0.1) is 0 Å². The van der Waals surface area contributed by atoms with Crippen LogP contribution in [0.15, 0.2) is 29.7 Å². The Kier molecular flexibility index (Phi) is 4.66. The van der Waals surface area contributed by atoms with Crippen LogP contribution in [0.25, 0.3) is 5.70 Å². The molecular weight excluding hydrogens is 247 g/mol. The first-order chi connectivity index (χ1) is 8.72. The van der Waals surface area contributed by atoms with Gasteiger partial charge in [0.15, 0.2) is 0 Å². The van der Waals surface area contributed by atoms with E-state index >= 15 is 0 Å². The molecule has 1 fully saturated rings. The van der Waals surface area contributed by atoms with E-state index in [0.29, 0.717) is 0 Å². The molecule has 1 aliphatic heterocycles. The highest BCUT2D eigenvalue weighted by atomic mass is 32.2. The molecule has 0 saturated carbocycles. The molecule has 0 spiro atoms. The average Bonchev–Trinajstić information content (AvgIpc) is 2.66. The number of rotatable bonds is 3. The fourth-order valence-corrected chi connectivity index (χ4v) is 2.83. The van der Waals surface area contributed by atoms with Crippen molar-refractivity contribution >= 4 is 17.5 Å². The molecule has 2 rings (SSSR count). The third-order valence-electron chi connectivity index (χ3n) is 3.20. The highest BCUT2D eigenvalue weighted by Crippen LogP contribution is 2.28. The van der Waals surface area contributed by atoms with E-state index in [0.717, 1.165) is 48.8 Å². The highest BCUT2D eigenvalue weighted by molar-refractivity contribution is 7.98. The Bertz CT molecular complexity index is 426. The van der Waals surface area contributed by atoms with Gasteiger partial charge in [0.2, 0.25) is 0 Å². The van der Waals surface area contributed by atoms with Crippen LogP contribution in [0.3, 0.4) is 0 Å². The lowest BCUT2D eigenvalue weighted by molar-refractivity contribution is 0.424. The summed E-state index contributed by atoms with van der Waals surface area (Å²) in [6, 6.07) is 4.93. The number of hydrogen-bond donors (Lipinski definition) is 1. The normalized spacial score (nSPS) is 16.4. The molecule has 18 heavy (non-hydrogen) atoms. The Hall–Kier alpha value is -1.00. The summed E-state index contributed by atoms with van der Waals surface area (Å²) < 4.78 is 13.2. The lowest BCUT2D eigenvalue weighted by Gasteiger charge is -2.26. The fraction of sp³-hybridized carbons (Fsp3) is 0.429. The molecule has 2 nitrogen and oxygen atoms in total. The molecular formula is C14H19FN2S. The van der Waals surface area contributed by atoms with Gasteiger partial charge in [0, 0.05) is 35.8 Å². The van der Waals surface area contributed by atoms with Crippen LogP contribution < -0.4 is 5.32 Å². The summed E-state index contributed by atoms with van der Waals surface area (Å²) in [6.45, 7) is 8.20. The van der Waals surface area contributed by atoms with E-state index in [2.05, 4.69) is 16.8 Å². The Balaban J connectivity index is 2.21. The minimum Gasteiger partial charge on any atom is -0.370 e. The topological polar surface area (TPSA) is 15.3 Å². The maximum atomic E-state index is 13.2. The summed E-state index contributed by atoms with van der Waals surface area (Å²) in [5.41, 5.74) is 2.05. The van der Waals surface area contributed by atoms with Gasteiger partial charge in [0.25, 0.3) is 0 Å². The molecule has 0 atom stereocenters. The Labute approximate surface area is 112 Å². The molecule has 4 heteroatoms. The molecule has 1 N–H and O–H groups in total. The largest absolute Gasteiger partial charge is 0.370 e. The van der Waals surface area contributed by atoms with Crippen molar-refractivity contribution in [3.8, 4) is 0 Å². The summed E-state index contributed by atoms with van der Waals surface area (Å²) in [6.07, 6.45) is 3.09. The summed E-state index contributed by atoms with van der Waals surface area (Å²) in [5.74, 6) is -0.187. The monoisotopic (exact) mass is 266 g/mol. The van der Waals surface area contributed by atoms with Crippen molar-refractivity contribution < 1.29 is 4.39 Å². The van der Waals surface area contributed by atoms with Gasteiger partial charge in [-0.3, -0.25) is 0 Å². The maximum Gasteiger partial charge on any atom is 0.124 e. The van der Waals surface area contributed by atoms with Crippen molar-refractivity contribution in [2.75, 3.05) is 32.4 Å². The van der Waals surface area contributed by atoms with Crippen molar-refractivity contribution in [2.45, 2.75) is 11.3 Å². The summed E-state index contributed by atoms with van der Waals surface area (Å²) in [7, 11) is 0. The number of hydrogen-bond acceptors (Lipinski definition) is 3. The highest BCUT2D eigenvalue weighted by Gasteiger charge is 2.14. The predicted molar refractivity (Wildman–Crippen MR) is 76.3 cm³/mol. The predicted octanol–water partition coefficient (Wildman–Crippen LogP) is 2.81. The minimum atomic E-state index is -0.187. The number of nitrogens with one attached hydrogen (secondary N) is 1. The summed E-state index contributed by atoms with van der Waals surface area (Å²) >= 11 is 1.56. The van der Waals surface area contributed by atoms with Crippen LogP contribution in [0.4, 0.5) is 4.39 Å². The smallest absolute Gasteiger partial charge is 0.124 e. The van der Waals surface area contributed by atoms with Gasteiger partial charge in [-0.25, -0.2) is 4.39 Å². The number of benzene rings is 1. The molecule has 0 aliphatic carbocycles. The molecule has 0 aromatic heterocycles. The molecule has 1 aromatic rings. The van der Waals surface area contributed by atoms with Crippen LogP contribution in [-0.2, 0) is 0 Å². The Morgan fingerprint density at radius 2 is 2.22 bits per heavy atom. The van der Waals surface area contributed by atoms with Crippen molar-refractivity contribution in [1.82, 2.24) is 10.2 Å². The van der Waals surface area contributed by atoms with E-state index < -0.39 is 0 Å². The Morgan fingerprint density at radius 1 is 1.39 bits per heavy atom. The standard InChI is InChI=1S/C14H19FN2S/c1-11(17-8-3-6-16-7-9-17)13-5-4-12(15)10-14(13)18-2/h4-5,10,16H,1,3,6-9H2,2H3. The molecule has 1 aliphatic rings. The van der Waals surface area contributed by atoms with E-state index in [-0.39, 0.29) is 5.82 Å². The first kappa shape index (κ1) is 13.4. The molecule has 98 valence electrons. The average molecular weight is 266 g/mol. The molecule has 0 bridgehead atoms. The quantitative estimate of drug-likeness (QED) is 0.847. The van der Waals surface area contributed by atoms with Crippen molar-refractivity contribution in [2.24, 2.45) is 0 Å². The summed E-state index contributed by atoms with van der Waals surface area (Å²) in [5, 5.41) is 3.37. The van der Waals surface area contributed by atoms with Crippen LogP contribution in [0.1, 0.15) is 12.0 Å². The van der Waals surface area contributed by atoms with Crippen LogP contribution in [-0.4, -0.2) is 37.3 Å². The van der Waals surface area contributed by atoms with E-state index in [4.69, 9.17) is 0 Å². The zero-order valence-electron chi connectivity index (χ0n) is 10.7. The molecule has 0 amide bonds. The van der Waals surface area contributed by atoms with E-state index in [1.54, 1.807) is 17.8 Å². The molecule has 1 heterocycles. The van der Waals surface area contributed by atoms with Crippen molar-refractivity contribution in [3.05, 3.63) is 36.2 Å². The molecule has 1 saturated heterocycles. The van der Waals surface area contributed by atoms with Gasteiger partial charge in [0.1, 0.15) is 5.82 Å². The van der Waals surface area contributed by atoms with E-state index in [1.165, 1.54) is 6.07 Å². The number of thioether (sulfide) groups is 1. The summed E-state index contributed by atoms with van der Waals surface area (Å²) in [4.78, 5) is 3.24. The van der Waals surface area contributed by atoms with Gasteiger partial charge in [-0.2, -0.15) is 0 Å². The lowest BCUT2D eigenvalue weighted by atomic mass is 10.1. The zero-order valence-corrected chi connectivity index (χ0v) is 11.5. The van der Waals surface area contributed by atoms with Crippen molar-refractivity contribution in [3.63, 3.8) is 0 Å². The minimum absolute atomic E-state index is 0.187. The maximum absolute atomic E-state index is 13.2. The van der Waals surface area contributed by atoms with Gasteiger partial charge in [-0.15, -0.1) is 11.8 Å². The van der Waals surface area contributed by atoms with E-state index in [9.17, 15) is 4.39 Å². The molecule has 1 aromatic carbocycles. The van der Waals surface area contributed by atoms with Crippen LogP contribution in [0, 0.1) is 5.82 Å². The molecule has 0 radical (unpaired) electrons. The third kappa shape index (κ3) is 3.06. The third-order valence-corrected chi connectivity index (χ3v) is 3.97. The molecule has 0 unspecified atom stereocenters. The Morgan fingerprint density at radius 3 is 3.00 bits per heavy atom. The number of nitrogens with zero attached hydrogens (tertiary/aromatic N) is 1. The second kappa shape index (κ2) is 6.25. The second-order valence-electron chi connectivity index (χ2n) is 4.38. The first-order valence-electron chi connectivity index (χ1n) is 6.21. The van der Waals surface area contributed by atoms with Crippen LogP contribution in [0.2, 0.25) is 0 Å². The van der Waals surface area contributed by atoms with Gasteiger partial charge < -0.3 is 10.2 Å². The van der Waals surface area contributed by atoms with Gasteiger partial charge in [-0.1, -0.05) is 6.58 Å². The number of halogens is 1. The van der Waals surface area contributed by atoms with Gasteiger partial charge in [-0.05, 0) is 37.4 Å². The SMILES string of the molecule is C=C(c1ccc(F)cc1SC)N1CCCNCC1. The van der Waals surface area contributed by atoms with Gasteiger partial charge >= 0.3 is 0 Å². The first-order valence-corrected chi connectivity index (χ1v) is 7.43. The fourth-order valence-electron chi connectivity index (χ4n) is 2.19. The zero-order chi connectivity index (χ0) is 13.0. The van der Waals surface area contributed by atoms with Crippen LogP contribution >= 0.6 is 11.8 Å². The van der Waals surface area contributed by atoms with E-state index in [1.807, 2.05) is 12.3 Å². The van der Waals surface area contributed by atoms with Crippen LogP contribution in [0.5, 0.6) is 0 Å².